The van der Waals surface area contributed by atoms with Gasteiger partial charge in [0.15, 0.2) is 0 Å². The van der Waals surface area contributed by atoms with Gasteiger partial charge in [-0.2, -0.15) is 0 Å². The van der Waals surface area contributed by atoms with Crippen molar-refractivity contribution in [2.24, 2.45) is 5.73 Å². The highest BCUT2D eigenvalue weighted by Crippen LogP contribution is 2.27. The predicted octanol–water partition coefficient (Wildman–Crippen LogP) is 1.97. The van der Waals surface area contributed by atoms with E-state index in [4.69, 9.17) is 5.73 Å². The Morgan fingerprint density at radius 2 is 1.96 bits per heavy atom. The van der Waals surface area contributed by atoms with E-state index < -0.39 is 12.4 Å². The third kappa shape index (κ3) is 4.75. The number of ether oxygens (including phenoxy) is 1. The summed E-state index contributed by atoms with van der Waals surface area (Å²) in [6.45, 7) is 3.92. The fourth-order valence-corrected chi connectivity index (χ4v) is 2.47. The van der Waals surface area contributed by atoms with Crippen LogP contribution in [0.15, 0.2) is 24.3 Å². The lowest BCUT2D eigenvalue weighted by Crippen LogP contribution is -2.53. The number of alkyl halides is 3. The van der Waals surface area contributed by atoms with Crippen LogP contribution < -0.4 is 15.4 Å². The molecule has 1 aliphatic rings. The van der Waals surface area contributed by atoms with Gasteiger partial charge in [0.25, 0.3) is 0 Å². The molecule has 1 aromatic rings. The Morgan fingerprint density at radius 3 is 2.52 bits per heavy atom. The molecule has 128 valence electrons. The Hall–Kier alpha value is -1.96. The lowest BCUT2D eigenvalue weighted by atomic mass is 10.2. The SMILES string of the molecule is CC[C@@H](N)C(=O)N1CCN(c2cccc(OC(F)(F)F)c2)CC1. The first-order chi connectivity index (χ1) is 10.8. The summed E-state index contributed by atoms with van der Waals surface area (Å²) in [5, 5.41) is 0. The van der Waals surface area contributed by atoms with Gasteiger partial charge in [0.2, 0.25) is 5.91 Å². The fourth-order valence-electron chi connectivity index (χ4n) is 2.47. The standard InChI is InChI=1S/C15H20F3N3O2/c1-2-13(19)14(22)21-8-6-20(7-9-21)11-4-3-5-12(10-11)23-15(16,17)18/h3-5,10,13H,2,6-9,19H2,1H3/t13-/m1/s1. The van der Waals surface area contributed by atoms with Crippen LogP contribution in [0.4, 0.5) is 18.9 Å². The van der Waals surface area contributed by atoms with Gasteiger partial charge in [-0.1, -0.05) is 13.0 Å². The number of carbonyl (C=O) groups excluding carboxylic acids is 1. The van der Waals surface area contributed by atoms with Gasteiger partial charge < -0.3 is 20.3 Å². The number of rotatable bonds is 4. The van der Waals surface area contributed by atoms with E-state index >= 15 is 0 Å². The molecule has 8 heteroatoms. The summed E-state index contributed by atoms with van der Waals surface area (Å²) in [5.41, 5.74) is 6.38. The molecule has 0 aliphatic carbocycles. The molecule has 0 bridgehead atoms. The first-order valence-corrected chi connectivity index (χ1v) is 7.45. The Balaban J connectivity index is 1.98. The molecule has 0 unspecified atom stereocenters. The number of hydrogen-bond donors (Lipinski definition) is 1. The van der Waals surface area contributed by atoms with Gasteiger partial charge >= 0.3 is 6.36 Å². The molecule has 1 fully saturated rings. The van der Waals surface area contributed by atoms with E-state index in [0.29, 0.717) is 38.3 Å². The van der Waals surface area contributed by atoms with Crippen LogP contribution in [-0.2, 0) is 4.79 Å². The number of anilines is 1. The molecule has 0 spiro atoms. The second-order valence-electron chi connectivity index (χ2n) is 5.37. The molecule has 1 aliphatic heterocycles. The monoisotopic (exact) mass is 331 g/mol. The van der Waals surface area contributed by atoms with Crippen molar-refractivity contribution in [3.05, 3.63) is 24.3 Å². The van der Waals surface area contributed by atoms with Gasteiger partial charge in [0, 0.05) is 37.9 Å². The van der Waals surface area contributed by atoms with Gasteiger partial charge in [-0.25, -0.2) is 0 Å². The number of carbonyl (C=O) groups is 1. The van der Waals surface area contributed by atoms with E-state index in [2.05, 4.69) is 4.74 Å². The molecule has 5 nitrogen and oxygen atoms in total. The van der Waals surface area contributed by atoms with Crippen LogP contribution in [0.2, 0.25) is 0 Å². The second-order valence-corrected chi connectivity index (χ2v) is 5.37. The number of piperazine rings is 1. The van der Waals surface area contributed by atoms with Crippen molar-refractivity contribution < 1.29 is 22.7 Å². The number of nitrogens with two attached hydrogens (primary N) is 1. The molecule has 0 radical (unpaired) electrons. The largest absolute Gasteiger partial charge is 0.573 e. The van der Waals surface area contributed by atoms with Crippen molar-refractivity contribution in [1.29, 1.82) is 0 Å². The molecule has 2 rings (SSSR count). The Bertz CT molecular complexity index is 543. The molecular formula is C15H20F3N3O2. The molecule has 2 N–H and O–H groups in total. The summed E-state index contributed by atoms with van der Waals surface area (Å²) in [6.07, 6.45) is -4.13. The average molecular weight is 331 g/mol. The Morgan fingerprint density at radius 1 is 1.30 bits per heavy atom. The number of amides is 1. The Labute approximate surface area is 132 Å². The highest BCUT2D eigenvalue weighted by atomic mass is 19.4. The molecule has 1 heterocycles. The third-order valence-electron chi connectivity index (χ3n) is 3.76. The molecule has 23 heavy (non-hydrogen) atoms. The summed E-state index contributed by atoms with van der Waals surface area (Å²) in [5.74, 6) is -0.331. The van der Waals surface area contributed by atoms with Crippen LogP contribution in [0.5, 0.6) is 5.75 Å². The maximum absolute atomic E-state index is 12.3. The first kappa shape index (κ1) is 17.4. The van der Waals surface area contributed by atoms with Crippen molar-refractivity contribution in [1.82, 2.24) is 4.90 Å². The minimum atomic E-state index is -4.71. The van der Waals surface area contributed by atoms with Crippen molar-refractivity contribution >= 4 is 11.6 Å². The number of nitrogens with zero attached hydrogens (tertiary/aromatic N) is 2. The fraction of sp³-hybridized carbons (Fsp3) is 0.533. The lowest BCUT2D eigenvalue weighted by molar-refractivity contribution is -0.274. The minimum Gasteiger partial charge on any atom is -0.406 e. The molecule has 0 aromatic heterocycles. The van der Waals surface area contributed by atoms with Crippen LogP contribution in [0.3, 0.4) is 0 Å². The molecular weight excluding hydrogens is 311 g/mol. The summed E-state index contributed by atoms with van der Waals surface area (Å²) in [6, 6.07) is 5.35. The smallest absolute Gasteiger partial charge is 0.406 e. The van der Waals surface area contributed by atoms with E-state index in [-0.39, 0.29) is 11.7 Å². The third-order valence-corrected chi connectivity index (χ3v) is 3.76. The van der Waals surface area contributed by atoms with Crippen LogP contribution in [0.1, 0.15) is 13.3 Å². The van der Waals surface area contributed by atoms with Gasteiger partial charge in [-0.3, -0.25) is 4.79 Å². The summed E-state index contributed by atoms with van der Waals surface area (Å²) in [4.78, 5) is 15.6. The Kier molecular flexibility index (Phi) is 5.35. The summed E-state index contributed by atoms with van der Waals surface area (Å²) in [7, 11) is 0. The number of halogens is 3. The van der Waals surface area contributed by atoms with E-state index in [1.54, 1.807) is 11.0 Å². The van der Waals surface area contributed by atoms with E-state index in [0.717, 1.165) is 0 Å². The quantitative estimate of drug-likeness (QED) is 0.916. The minimum absolute atomic E-state index is 0.0821. The molecule has 1 saturated heterocycles. The molecule has 1 atom stereocenters. The zero-order chi connectivity index (χ0) is 17.0. The first-order valence-electron chi connectivity index (χ1n) is 7.45. The molecule has 1 aromatic carbocycles. The van der Waals surface area contributed by atoms with Crippen molar-refractivity contribution in [3.63, 3.8) is 0 Å². The van der Waals surface area contributed by atoms with Gasteiger partial charge in [0.1, 0.15) is 5.75 Å². The average Bonchev–Trinajstić information content (AvgIpc) is 2.52. The van der Waals surface area contributed by atoms with E-state index in [1.165, 1.54) is 18.2 Å². The topological polar surface area (TPSA) is 58.8 Å². The van der Waals surface area contributed by atoms with Crippen LogP contribution in [-0.4, -0.2) is 49.4 Å². The number of benzene rings is 1. The van der Waals surface area contributed by atoms with Crippen LogP contribution >= 0.6 is 0 Å². The maximum Gasteiger partial charge on any atom is 0.573 e. The summed E-state index contributed by atoms with van der Waals surface area (Å²) < 4.78 is 40.7. The van der Waals surface area contributed by atoms with E-state index in [1.807, 2.05) is 11.8 Å². The van der Waals surface area contributed by atoms with Crippen LogP contribution in [0.25, 0.3) is 0 Å². The van der Waals surface area contributed by atoms with Crippen LogP contribution in [0, 0.1) is 0 Å². The number of hydrogen-bond acceptors (Lipinski definition) is 4. The van der Waals surface area contributed by atoms with E-state index in [9.17, 15) is 18.0 Å². The highest BCUT2D eigenvalue weighted by Gasteiger charge is 2.31. The summed E-state index contributed by atoms with van der Waals surface area (Å²) >= 11 is 0. The van der Waals surface area contributed by atoms with Crippen molar-refractivity contribution in [2.45, 2.75) is 25.7 Å². The van der Waals surface area contributed by atoms with Gasteiger partial charge in [-0.15, -0.1) is 13.2 Å². The molecule has 1 amide bonds. The maximum atomic E-state index is 12.3. The zero-order valence-electron chi connectivity index (χ0n) is 12.8. The van der Waals surface area contributed by atoms with Gasteiger partial charge in [-0.05, 0) is 18.6 Å². The van der Waals surface area contributed by atoms with Gasteiger partial charge in [0.05, 0.1) is 6.04 Å². The second kappa shape index (κ2) is 7.08. The normalized spacial score (nSPS) is 17.1. The predicted molar refractivity (Wildman–Crippen MR) is 80.2 cm³/mol. The zero-order valence-corrected chi connectivity index (χ0v) is 12.8. The van der Waals surface area contributed by atoms with Crippen molar-refractivity contribution in [3.8, 4) is 5.75 Å². The highest BCUT2D eigenvalue weighted by molar-refractivity contribution is 5.81. The van der Waals surface area contributed by atoms with Crippen molar-refractivity contribution in [2.75, 3.05) is 31.1 Å². The molecule has 0 saturated carbocycles. The lowest BCUT2D eigenvalue weighted by Gasteiger charge is -2.37.